The zero-order valence-corrected chi connectivity index (χ0v) is 14.6. The number of amides is 1. The number of benzene rings is 1. The Morgan fingerprint density at radius 1 is 1.21 bits per heavy atom. The third kappa shape index (κ3) is 4.47. The van der Waals surface area contributed by atoms with E-state index < -0.39 is 0 Å². The third-order valence-electron chi connectivity index (χ3n) is 3.95. The number of carbonyl (C=O) groups is 1. The molecule has 0 aliphatic rings. The molecule has 2 aromatic rings. The number of nitrogens with one attached hydrogen (secondary N) is 1. The van der Waals surface area contributed by atoms with Gasteiger partial charge in [0.1, 0.15) is 5.75 Å². The van der Waals surface area contributed by atoms with Crippen LogP contribution >= 0.6 is 0 Å². The molecule has 1 aromatic heterocycles. The highest BCUT2D eigenvalue weighted by Crippen LogP contribution is 2.18. The number of aromatic nitrogens is 1. The summed E-state index contributed by atoms with van der Waals surface area (Å²) in [5.41, 5.74) is 2.61. The van der Waals surface area contributed by atoms with E-state index in [0.717, 1.165) is 30.0 Å². The molecule has 0 saturated heterocycles. The zero-order valence-electron chi connectivity index (χ0n) is 14.6. The fourth-order valence-corrected chi connectivity index (χ4v) is 2.60. The Bertz CT molecular complexity index is 669. The van der Waals surface area contributed by atoms with Gasteiger partial charge in [0.05, 0.1) is 18.4 Å². The number of anilines is 1. The number of hydrogen-bond donors (Lipinski definition) is 1. The maximum Gasteiger partial charge on any atom is 0.255 e. The molecule has 1 amide bonds. The Morgan fingerprint density at radius 3 is 2.67 bits per heavy atom. The van der Waals surface area contributed by atoms with Gasteiger partial charge in [0.15, 0.2) is 0 Å². The van der Waals surface area contributed by atoms with E-state index in [0.29, 0.717) is 18.7 Å². The van der Waals surface area contributed by atoms with Gasteiger partial charge in [-0.2, -0.15) is 0 Å². The summed E-state index contributed by atoms with van der Waals surface area (Å²) in [5, 5.41) is 3.33. The first-order valence-electron chi connectivity index (χ1n) is 8.29. The second kappa shape index (κ2) is 8.91. The highest BCUT2D eigenvalue weighted by Gasteiger charge is 2.13. The first-order valence-corrected chi connectivity index (χ1v) is 8.29. The van der Waals surface area contributed by atoms with Crippen LogP contribution in [0.3, 0.4) is 0 Å². The number of rotatable bonds is 8. The lowest BCUT2D eigenvalue weighted by Gasteiger charge is -2.18. The second-order valence-corrected chi connectivity index (χ2v) is 5.43. The van der Waals surface area contributed by atoms with Gasteiger partial charge in [0.2, 0.25) is 0 Å². The quantitative estimate of drug-likeness (QED) is 0.809. The van der Waals surface area contributed by atoms with Gasteiger partial charge >= 0.3 is 0 Å². The number of ether oxygens (including phenoxy) is 1. The van der Waals surface area contributed by atoms with E-state index in [9.17, 15) is 4.79 Å². The van der Waals surface area contributed by atoms with E-state index in [2.05, 4.69) is 16.4 Å². The number of hydrogen-bond acceptors (Lipinski definition) is 4. The fraction of sp³-hybridized carbons (Fsp3) is 0.368. The summed E-state index contributed by atoms with van der Waals surface area (Å²) in [6.45, 7) is 6.08. The number of para-hydroxylation sites is 1. The van der Waals surface area contributed by atoms with Crippen molar-refractivity contribution in [2.24, 2.45) is 0 Å². The van der Waals surface area contributed by atoms with E-state index in [-0.39, 0.29) is 5.91 Å². The average molecular weight is 327 g/mol. The van der Waals surface area contributed by atoms with E-state index in [4.69, 9.17) is 4.74 Å². The molecule has 128 valence electrons. The molecular weight excluding hydrogens is 302 g/mol. The Labute approximate surface area is 143 Å². The van der Waals surface area contributed by atoms with E-state index >= 15 is 0 Å². The zero-order chi connectivity index (χ0) is 17.4. The monoisotopic (exact) mass is 327 g/mol. The smallest absolute Gasteiger partial charge is 0.255 e. The molecule has 1 aromatic carbocycles. The van der Waals surface area contributed by atoms with Crippen LogP contribution in [-0.4, -0.2) is 42.5 Å². The van der Waals surface area contributed by atoms with Gasteiger partial charge in [-0.1, -0.05) is 18.2 Å². The summed E-state index contributed by atoms with van der Waals surface area (Å²) in [4.78, 5) is 18.3. The van der Waals surface area contributed by atoms with Gasteiger partial charge in [0, 0.05) is 32.0 Å². The van der Waals surface area contributed by atoms with Crippen LogP contribution in [0.2, 0.25) is 0 Å². The van der Waals surface area contributed by atoms with Gasteiger partial charge in [-0.15, -0.1) is 0 Å². The summed E-state index contributed by atoms with van der Waals surface area (Å²) in [7, 11) is 1.68. The van der Waals surface area contributed by atoms with Gasteiger partial charge in [-0.3, -0.25) is 9.78 Å². The summed E-state index contributed by atoms with van der Waals surface area (Å²) >= 11 is 0. The molecular formula is C19H25N3O2. The maximum absolute atomic E-state index is 12.4. The molecule has 0 bridgehead atoms. The van der Waals surface area contributed by atoms with Crippen LogP contribution in [-0.2, 0) is 6.42 Å². The molecule has 0 aliphatic heterocycles. The van der Waals surface area contributed by atoms with Crippen molar-refractivity contribution >= 4 is 11.6 Å². The van der Waals surface area contributed by atoms with Gasteiger partial charge < -0.3 is 15.0 Å². The minimum Gasteiger partial charge on any atom is -0.496 e. The summed E-state index contributed by atoms with van der Waals surface area (Å²) in [6.07, 6.45) is 4.19. The van der Waals surface area contributed by atoms with Gasteiger partial charge in [-0.25, -0.2) is 0 Å². The largest absolute Gasteiger partial charge is 0.496 e. The van der Waals surface area contributed by atoms with Crippen molar-refractivity contribution in [1.29, 1.82) is 0 Å². The lowest BCUT2D eigenvalue weighted by molar-refractivity contribution is 0.0772. The topological polar surface area (TPSA) is 54.5 Å². The molecule has 0 radical (unpaired) electrons. The highest BCUT2D eigenvalue weighted by atomic mass is 16.5. The SMILES string of the molecule is CCN(CC)C(=O)c1cncc(NCCc2ccccc2OC)c1. The molecule has 0 unspecified atom stereocenters. The van der Waals surface area contributed by atoms with Crippen molar-refractivity contribution in [3.05, 3.63) is 53.9 Å². The van der Waals surface area contributed by atoms with E-state index in [1.54, 1.807) is 24.4 Å². The number of nitrogens with zero attached hydrogens (tertiary/aromatic N) is 2. The Balaban J connectivity index is 1.98. The van der Waals surface area contributed by atoms with Crippen LogP contribution in [0.5, 0.6) is 5.75 Å². The number of methoxy groups -OCH3 is 1. The van der Waals surface area contributed by atoms with Gasteiger partial charge in [-0.05, 0) is 38.0 Å². The standard InChI is InChI=1S/C19H25N3O2/c1-4-22(5-2)19(23)16-12-17(14-20-13-16)21-11-10-15-8-6-7-9-18(15)24-3/h6-9,12-14,21H,4-5,10-11H2,1-3H3. The third-order valence-corrected chi connectivity index (χ3v) is 3.95. The van der Waals surface area contributed by atoms with Crippen molar-refractivity contribution < 1.29 is 9.53 Å². The van der Waals surface area contributed by atoms with Crippen molar-refractivity contribution in [3.8, 4) is 5.75 Å². The first-order chi connectivity index (χ1) is 11.7. The molecule has 1 heterocycles. The second-order valence-electron chi connectivity index (χ2n) is 5.43. The van der Waals surface area contributed by atoms with Crippen LogP contribution in [0.15, 0.2) is 42.7 Å². The van der Waals surface area contributed by atoms with Crippen molar-refractivity contribution in [3.63, 3.8) is 0 Å². The Kier molecular flexibility index (Phi) is 6.61. The molecule has 0 fully saturated rings. The summed E-state index contributed by atoms with van der Waals surface area (Å²) in [5.74, 6) is 0.906. The number of carbonyl (C=O) groups excluding carboxylic acids is 1. The minimum absolute atomic E-state index is 0.0147. The summed E-state index contributed by atoms with van der Waals surface area (Å²) < 4.78 is 5.36. The molecule has 0 spiro atoms. The predicted molar refractivity (Wildman–Crippen MR) is 96.7 cm³/mol. The number of pyridine rings is 1. The molecule has 2 rings (SSSR count). The van der Waals surface area contributed by atoms with E-state index in [1.165, 1.54) is 0 Å². The normalized spacial score (nSPS) is 10.3. The lowest BCUT2D eigenvalue weighted by atomic mass is 10.1. The Hall–Kier alpha value is -2.56. The van der Waals surface area contributed by atoms with Crippen LogP contribution in [0.1, 0.15) is 29.8 Å². The lowest BCUT2D eigenvalue weighted by Crippen LogP contribution is -2.30. The Morgan fingerprint density at radius 2 is 1.96 bits per heavy atom. The molecule has 1 N–H and O–H groups in total. The predicted octanol–water partition coefficient (Wildman–Crippen LogP) is 3.23. The molecule has 24 heavy (non-hydrogen) atoms. The fourth-order valence-electron chi connectivity index (χ4n) is 2.60. The van der Waals surface area contributed by atoms with Crippen LogP contribution in [0, 0.1) is 0 Å². The minimum atomic E-state index is 0.0147. The van der Waals surface area contributed by atoms with Gasteiger partial charge in [0.25, 0.3) is 5.91 Å². The first kappa shape index (κ1) is 17.8. The molecule has 5 nitrogen and oxygen atoms in total. The highest BCUT2D eigenvalue weighted by molar-refractivity contribution is 5.94. The maximum atomic E-state index is 12.4. The van der Waals surface area contributed by atoms with Crippen molar-refractivity contribution in [2.75, 3.05) is 32.1 Å². The van der Waals surface area contributed by atoms with Crippen LogP contribution in [0.25, 0.3) is 0 Å². The molecule has 0 atom stereocenters. The van der Waals surface area contributed by atoms with Crippen LogP contribution < -0.4 is 10.1 Å². The van der Waals surface area contributed by atoms with Crippen molar-refractivity contribution in [1.82, 2.24) is 9.88 Å². The van der Waals surface area contributed by atoms with Crippen LogP contribution in [0.4, 0.5) is 5.69 Å². The average Bonchev–Trinajstić information content (AvgIpc) is 2.63. The summed E-state index contributed by atoms with van der Waals surface area (Å²) in [6, 6.07) is 9.83. The molecule has 0 aliphatic carbocycles. The van der Waals surface area contributed by atoms with Crippen molar-refractivity contribution in [2.45, 2.75) is 20.3 Å². The molecule has 5 heteroatoms. The van der Waals surface area contributed by atoms with E-state index in [1.807, 2.05) is 38.1 Å². The molecule has 0 saturated carbocycles.